The maximum absolute atomic E-state index is 11.2. The van der Waals surface area contributed by atoms with E-state index in [1.807, 2.05) is 0 Å². The van der Waals surface area contributed by atoms with E-state index >= 15 is 0 Å². The Morgan fingerprint density at radius 3 is 2.85 bits per heavy atom. The topological polar surface area (TPSA) is 49.3 Å². The van der Waals surface area contributed by atoms with E-state index in [0.29, 0.717) is 24.3 Å². The molecule has 2 unspecified atom stereocenters. The van der Waals surface area contributed by atoms with E-state index in [9.17, 15) is 4.79 Å². The Bertz CT molecular complexity index is 180. The van der Waals surface area contributed by atoms with Crippen LogP contribution in [0.3, 0.4) is 0 Å². The molecule has 2 N–H and O–H groups in total. The van der Waals surface area contributed by atoms with E-state index in [-0.39, 0.29) is 12.5 Å². The molecular weight excluding hydrogens is 166 g/mol. The highest BCUT2D eigenvalue weighted by Crippen LogP contribution is 2.27. The molecule has 13 heavy (non-hydrogen) atoms. The van der Waals surface area contributed by atoms with Crippen molar-refractivity contribution >= 4 is 5.91 Å². The summed E-state index contributed by atoms with van der Waals surface area (Å²) in [6.45, 7) is 4.52. The number of nitrogens with one attached hydrogen (secondary N) is 1. The molecule has 1 aliphatic heterocycles. The zero-order valence-electron chi connectivity index (χ0n) is 8.42. The Hall–Kier alpha value is -0.570. The lowest BCUT2D eigenvalue weighted by Gasteiger charge is -2.21. The van der Waals surface area contributed by atoms with Gasteiger partial charge >= 0.3 is 0 Å². The number of hydrogen-bond acceptors (Lipinski definition) is 2. The van der Waals surface area contributed by atoms with Gasteiger partial charge in [-0.3, -0.25) is 4.79 Å². The van der Waals surface area contributed by atoms with Crippen LogP contribution in [0.5, 0.6) is 0 Å². The van der Waals surface area contributed by atoms with Crippen molar-refractivity contribution in [2.75, 3.05) is 6.61 Å². The first-order chi connectivity index (χ1) is 6.15. The number of amides is 1. The van der Waals surface area contributed by atoms with Crippen LogP contribution in [-0.2, 0) is 4.79 Å². The van der Waals surface area contributed by atoms with Crippen molar-refractivity contribution in [3.8, 4) is 0 Å². The molecule has 3 nitrogen and oxygen atoms in total. The first-order valence-electron chi connectivity index (χ1n) is 5.05. The molecule has 3 heteroatoms. The number of carbonyl (C=O) groups excluding carboxylic acids is 1. The van der Waals surface area contributed by atoms with Crippen LogP contribution in [0.1, 0.15) is 33.1 Å². The molecule has 2 atom stereocenters. The minimum Gasteiger partial charge on any atom is -0.396 e. The number of hydrogen-bond donors (Lipinski definition) is 2. The van der Waals surface area contributed by atoms with Crippen LogP contribution >= 0.6 is 0 Å². The SMILES string of the molecule is CC(C)C1CC(=O)NC1CCCO. The lowest BCUT2D eigenvalue weighted by atomic mass is 9.87. The number of aliphatic hydroxyl groups excluding tert-OH is 1. The molecule has 0 aromatic rings. The van der Waals surface area contributed by atoms with Gasteiger partial charge in [0.05, 0.1) is 0 Å². The summed E-state index contributed by atoms with van der Waals surface area (Å²) >= 11 is 0. The van der Waals surface area contributed by atoms with E-state index < -0.39 is 0 Å². The molecule has 0 bridgehead atoms. The molecule has 76 valence electrons. The van der Waals surface area contributed by atoms with E-state index in [1.165, 1.54) is 0 Å². The molecule has 0 aliphatic carbocycles. The summed E-state index contributed by atoms with van der Waals surface area (Å²) in [5.41, 5.74) is 0. The normalized spacial score (nSPS) is 28.2. The summed E-state index contributed by atoms with van der Waals surface area (Å²) in [6.07, 6.45) is 2.35. The monoisotopic (exact) mass is 185 g/mol. The maximum Gasteiger partial charge on any atom is 0.220 e. The highest BCUT2D eigenvalue weighted by Gasteiger charge is 2.33. The van der Waals surface area contributed by atoms with E-state index in [1.54, 1.807) is 0 Å². The molecule has 0 aromatic carbocycles. The van der Waals surface area contributed by atoms with Gasteiger partial charge in [-0.1, -0.05) is 13.8 Å². The summed E-state index contributed by atoms with van der Waals surface area (Å²) in [5.74, 6) is 1.17. The van der Waals surface area contributed by atoms with Crippen molar-refractivity contribution in [3.63, 3.8) is 0 Å². The zero-order valence-corrected chi connectivity index (χ0v) is 8.42. The van der Waals surface area contributed by atoms with Gasteiger partial charge in [0.2, 0.25) is 5.91 Å². The second-order valence-corrected chi connectivity index (χ2v) is 4.15. The fraction of sp³-hybridized carbons (Fsp3) is 0.900. The van der Waals surface area contributed by atoms with Crippen molar-refractivity contribution in [3.05, 3.63) is 0 Å². The highest BCUT2D eigenvalue weighted by atomic mass is 16.3. The van der Waals surface area contributed by atoms with Gasteiger partial charge in [0.25, 0.3) is 0 Å². The Kier molecular flexibility index (Phi) is 3.72. The first-order valence-corrected chi connectivity index (χ1v) is 5.05. The summed E-state index contributed by atoms with van der Waals surface area (Å²) in [6, 6.07) is 0.291. The third kappa shape index (κ3) is 2.69. The van der Waals surface area contributed by atoms with Gasteiger partial charge in [0.1, 0.15) is 0 Å². The summed E-state index contributed by atoms with van der Waals surface area (Å²) in [5, 5.41) is 11.7. The van der Waals surface area contributed by atoms with Crippen molar-refractivity contribution in [1.82, 2.24) is 5.32 Å². The van der Waals surface area contributed by atoms with Gasteiger partial charge < -0.3 is 10.4 Å². The maximum atomic E-state index is 11.2. The molecule has 1 fully saturated rings. The van der Waals surface area contributed by atoms with Crippen LogP contribution in [0.25, 0.3) is 0 Å². The Morgan fingerprint density at radius 2 is 2.31 bits per heavy atom. The second-order valence-electron chi connectivity index (χ2n) is 4.15. The quantitative estimate of drug-likeness (QED) is 0.684. The second kappa shape index (κ2) is 4.61. The number of aliphatic hydroxyl groups is 1. The molecular formula is C10H19NO2. The average molecular weight is 185 g/mol. The van der Waals surface area contributed by atoms with E-state index in [0.717, 1.165) is 12.8 Å². The Balaban J connectivity index is 2.45. The van der Waals surface area contributed by atoms with Gasteiger partial charge in [0.15, 0.2) is 0 Å². The minimum atomic E-state index is 0.168. The number of rotatable bonds is 4. The average Bonchev–Trinajstić information content (AvgIpc) is 2.43. The van der Waals surface area contributed by atoms with Crippen LogP contribution < -0.4 is 5.32 Å². The molecule has 0 spiro atoms. The minimum absolute atomic E-state index is 0.168. The van der Waals surface area contributed by atoms with Crippen molar-refractivity contribution in [2.24, 2.45) is 11.8 Å². The largest absolute Gasteiger partial charge is 0.396 e. The molecule has 1 heterocycles. The van der Waals surface area contributed by atoms with Gasteiger partial charge in [-0.25, -0.2) is 0 Å². The van der Waals surface area contributed by atoms with Crippen LogP contribution in [-0.4, -0.2) is 23.7 Å². The van der Waals surface area contributed by atoms with Crippen LogP contribution in [0, 0.1) is 11.8 Å². The zero-order chi connectivity index (χ0) is 9.84. The standard InChI is InChI=1S/C10H19NO2/c1-7(2)8-6-10(13)11-9(8)4-3-5-12/h7-9,12H,3-6H2,1-2H3,(H,11,13). The third-order valence-electron chi connectivity index (χ3n) is 2.81. The lowest BCUT2D eigenvalue weighted by molar-refractivity contribution is -0.119. The van der Waals surface area contributed by atoms with Gasteiger partial charge in [-0.05, 0) is 24.7 Å². The molecule has 0 radical (unpaired) electrons. The molecule has 0 saturated carbocycles. The van der Waals surface area contributed by atoms with Crippen LogP contribution in [0.4, 0.5) is 0 Å². The third-order valence-corrected chi connectivity index (χ3v) is 2.81. The molecule has 1 rings (SSSR count). The van der Waals surface area contributed by atoms with Crippen molar-refractivity contribution < 1.29 is 9.90 Å². The first kappa shape index (κ1) is 10.5. The van der Waals surface area contributed by atoms with E-state index in [4.69, 9.17) is 5.11 Å². The predicted molar refractivity (Wildman–Crippen MR) is 51.2 cm³/mol. The summed E-state index contributed by atoms with van der Waals surface area (Å²) in [4.78, 5) is 11.2. The van der Waals surface area contributed by atoms with Crippen molar-refractivity contribution in [2.45, 2.75) is 39.2 Å². The molecule has 1 amide bonds. The smallest absolute Gasteiger partial charge is 0.220 e. The van der Waals surface area contributed by atoms with Crippen LogP contribution in [0.2, 0.25) is 0 Å². The Labute approximate surface area is 79.5 Å². The van der Waals surface area contributed by atoms with Gasteiger partial charge in [-0.2, -0.15) is 0 Å². The molecule has 0 aromatic heterocycles. The fourth-order valence-electron chi connectivity index (χ4n) is 2.03. The predicted octanol–water partition coefficient (Wildman–Crippen LogP) is 0.920. The number of carbonyl (C=O) groups is 1. The summed E-state index contributed by atoms with van der Waals surface area (Å²) < 4.78 is 0. The highest BCUT2D eigenvalue weighted by molar-refractivity contribution is 5.79. The molecule has 1 saturated heterocycles. The Morgan fingerprint density at radius 1 is 1.62 bits per heavy atom. The fourth-order valence-corrected chi connectivity index (χ4v) is 2.03. The van der Waals surface area contributed by atoms with Gasteiger partial charge in [0, 0.05) is 19.1 Å². The van der Waals surface area contributed by atoms with Crippen molar-refractivity contribution in [1.29, 1.82) is 0 Å². The van der Waals surface area contributed by atoms with E-state index in [2.05, 4.69) is 19.2 Å². The summed E-state index contributed by atoms with van der Waals surface area (Å²) in [7, 11) is 0. The van der Waals surface area contributed by atoms with Gasteiger partial charge in [-0.15, -0.1) is 0 Å². The molecule has 1 aliphatic rings. The van der Waals surface area contributed by atoms with Crippen LogP contribution in [0.15, 0.2) is 0 Å². The lowest BCUT2D eigenvalue weighted by Crippen LogP contribution is -2.31.